The van der Waals surface area contributed by atoms with Crippen molar-refractivity contribution in [1.29, 1.82) is 0 Å². The topological polar surface area (TPSA) is 35.5 Å². The van der Waals surface area contributed by atoms with Crippen molar-refractivity contribution in [3.05, 3.63) is 65.2 Å². The van der Waals surface area contributed by atoms with Gasteiger partial charge >= 0.3 is 0 Å². The maximum atomic E-state index is 12.3. The van der Waals surface area contributed by atoms with Gasteiger partial charge in [-0.1, -0.05) is 51.1 Å². The first kappa shape index (κ1) is 17.8. The second-order valence-corrected chi connectivity index (χ2v) is 6.64. The van der Waals surface area contributed by atoms with Crippen molar-refractivity contribution in [1.82, 2.24) is 0 Å². The van der Waals surface area contributed by atoms with Crippen LogP contribution in [0.1, 0.15) is 42.3 Å². The predicted octanol–water partition coefficient (Wildman–Crippen LogP) is 4.90. The molecular weight excluding hydrogens is 300 g/mol. The van der Waals surface area contributed by atoms with Gasteiger partial charge in [0.15, 0.2) is 17.3 Å². The second-order valence-electron chi connectivity index (χ2n) is 6.64. The number of methoxy groups -OCH3 is 2. The molecule has 0 bridgehead atoms. The van der Waals surface area contributed by atoms with Crippen LogP contribution in [0.2, 0.25) is 0 Å². The molecule has 0 aliphatic heterocycles. The minimum absolute atomic E-state index is 0.0733. The Hall–Kier alpha value is -2.55. The fourth-order valence-electron chi connectivity index (χ4n) is 2.35. The summed E-state index contributed by atoms with van der Waals surface area (Å²) in [6, 6.07) is 13.4. The van der Waals surface area contributed by atoms with E-state index in [1.807, 2.05) is 18.2 Å². The fraction of sp³-hybridized carbons (Fsp3) is 0.286. The van der Waals surface area contributed by atoms with E-state index in [4.69, 9.17) is 9.47 Å². The van der Waals surface area contributed by atoms with Crippen LogP contribution < -0.4 is 9.47 Å². The molecule has 0 N–H and O–H groups in total. The van der Waals surface area contributed by atoms with Crippen LogP contribution in [0.15, 0.2) is 48.5 Å². The van der Waals surface area contributed by atoms with E-state index in [2.05, 4.69) is 32.9 Å². The van der Waals surface area contributed by atoms with Crippen molar-refractivity contribution in [2.24, 2.45) is 0 Å². The summed E-state index contributed by atoms with van der Waals surface area (Å²) in [5.41, 5.74) is 2.95. The summed E-state index contributed by atoms with van der Waals surface area (Å²) < 4.78 is 10.4. The highest BCUT2D eigenvalue weighted by Crippen LogP contribution is 2.28. The van der Waals surface area contributed by atoms with Crippen LogP contribution in [0.25, 0.3) is 6.08 Å². The van der Waals surface area contributed by atoms with Gasteiger partial charge in [-0.2, -0.15) is 0 Å². The minimum Gasteiger partial charge on any atom is -0.493 e. The Morgan fingerprint density at radius 2 is 1.54 bits per heavy atom. The minimum atomic E-state index is -0.0733. The van der Waals surface area contributed by atoms with Gasteiger partial charge in [0, 0.05) is 5.56 Å². The Balaban J connectivity index is 2.15. The molecule has 2 aromatic rings. The van der Waals surface area contributed by atoms with E-state index in [1.54, 1.807) is 38.5 Å². The average molecular weight is 324 g/mol. The van der Waals surface area contributed by atoms with Gasteiger partial charge in [0.1, 0.15) is 0 Å². The summed E-state index contributed by atoms with van der Waals surface area (Å²) in [7, 11) is 3.12. The molecule has 3 heteroatoms. The average Bonchev–Trinajstić information content (AvgIpc) is 2.58. The molecular formula is C21H24O3. The molecule has 2 rings (SSSR count). The van der Waals surface area contributed by atoms with Crippen molar-refractivity contribution in [2.75, 3.05) is 14.2 Å². The molecule has 0 saturated heterocycles. The Kier molecular flexibility index (Phi) is 5.45. The van der Waals surface area contributed by atoms with Crippen LogP contribution >= 0.6 is 0 Å². The zero-order valence-corrected chi connectivity index (χ0v) is 14.9. The van der Waals surface area contributed by atoms with E-state index in [1.165, 1.54) is 5.56 Å². The Morgan fingerprint density at radius 1 is 0.917 bits per heavy atom. The Labute approximate surface area is 143 Å². The molecule has 126 valence electrons. The van der Waals surface area contributed by atoms with Gasteiger partial charge in [0.25, 0.3) is 0 Å². The normalized spacial score (nSPS) is 11.5. The SMILES string of the molecule is COc1ccc(C(=O)C=Cc2ccc(C(C)(C)C)cc2)cc1OC. The number of carbonyl (C=O) groups is 1. The number of rotatable bonds is 5. The van der Waals surface area contributed by atoms with Crippen LogP contribution in [-0.4, -0.2) is 20.0 Å². The summed E-state index contributed by atoms with van der Waals surface area (Å²) in [5.74, 6) is 1.08. The fourth-order valence-corrected chi connectivity index (χ4v) is 2.35. The van der Waals surface area contributed by atoms with Gasteiger partial charge in [-0.25, -0.2) is 0 Å². The van der Waals surface area contributed by atoms with E-state index in [0.29, 0.717) is 17.1 Å². The summed E-state index contributed by atoms with van der Waals surface area (Å²) in [6.07, 6.45) is 3.40. The molecule has 0 aliphatic rings. The number of carbonyl (C=O) groups excluding carboxylic acids is 1. The van der Waals surface area contributed by atoms with Crippen LogP contribution in [0, 0.1) is 0 Å². The molecule has 0 heterocycles. The quantitative estimate of drug-likeness (QED) is 0.580. The van der Waals surface area contributed by atoms with Crippen molar-refractivity contribution in [3.8, 4) is 11.5 Å². The molecule has 24 heavy (non-hydrogen) atoms. The highest BCUT2D eigenvalue weighted by Gasteiger charge is 2.12. The van der Waals surface area contributed by atoms with Crippen LogP contribution in [0.3, 0.4) is 0 Å². The summed E-state index contributed by atoms with van der Waals surface area (Å²) in [5, 5.41) is 0. The molecule has 0 atom stereocenters. The van der Waals surface area contributed by atoms with Gasteiger partial charge in [-0.3, -0.25) is 4.79 Å². The van der Waals surface area contributed by atoms with Gasteiger partial charge in [0.05, 0.1) is 14.2 Å². The van der Waals surface area contributed by atoms with Crippen molar-refractivity contribution in [3.63, 3.8) is 0 Å². The lowest BCUT2D eigenvalue weighted by atomic mass is 9.87. The van der Waals surface area contributed by atoms with E-state index in [9.17, 15) is 4.79 Å². The first-order chi connectivity index (χ1) is 11.3. The van der Waals surface area contributed by atoms with E-state index in [-0.39, 0.29) is 11.2 Å². The molecule has 0 aliphatic carbocycles. The number of benzene rings is 2. The predicted molar refractivity (Wildman–Crippen MR) is 98.1 cm³/mol. The van der Waals surface area contributed by atoms with Gasteiger partial charge in [-0.05, 0) is 40.8 Å². The third-order valence-electron chi connectivity index (χ3n) is 3.87. The summed E-state index contributed by atoms with van der Waals surface area (Å²) >= 11 is 0. The zero-order valence-electron chi connectivity index (χ0n) is 14.9. The lowest BCUT2D eigenvalue weighted by Gasteiger charge is -2.18. The van der Waals surface area contributed by atoms with Gasteiger partial charge in [0.2, 0.25) is 0 Å². The lowest BCUT2D eigenvalue weighted by Crippen LogP contribution is -2.10. The maximum Gasteiger partial charge on any atom is 0.185 e. The Bertz CT molecular complexity index is 735. The highest BCUT2D eigenvalue weighted by molar-refractivity contribution is 6.07. The maximum absolute atomic E-state index is 12.3. The van der Waals surface area contributed by atoms with Crippen molar-refractivity contribution >= 4 is 11.9 Å². The summed E-state index contributed by atoms with van der Waals surface area (Å²) in [4.78, 5) is 12.3. The molecule has 0 radical (unpaired) electrons. The molecule has 0 unspecified atom stereocenters. The number of ketones is 1. The van der Waals surface area contributed by atoms with E-state index in [0.717, 1.165) is 5.56 Å². The molecule has 2 aromatic carbocycles. The summed E-state index contributed by atoms with van der Waals surface area (Å²) in [6.45, 7) is 6.54. The van der Waals surface area contributed by atoms with Crippen LogP contribution in [0.4, 0.5) is 0 Å². The highest BCUT2D eigenvalue weighted by atomic mass is 16.5. The third-order valence-corrected chi connectivity index (χ3v) is 3.87. The van der Waals surface area contributed by atoms with Crippen molar-refractivity contribution < 1.29 is 14.3 Å². The third kappa shape index (κ3) is 4.25. The molecule has 0 spiro atoms. The standard InChI is InChI=1S/C21H24O3/c1-21(2,3)17-10-6-15(7-11-17)8-12-18(22)16-9-13-19(23-4)20(14-16)24-5/h6-14H,1-5H3. The van der Waals surface area contributed by atoms with Gasteiger partial charge in [-0.15, -0.1) is 0 Å². The smallest absolute Gasteiger partial charge is 0.185 e. The zero-order chi connectivity index (χ0) is 17.7. The monoisotopic (exact) mass is 324 g/mol. The molecule has 0 aromatic heterocycles. The number of allylic oxidation sites excluding steroid dienone is 1. The van der Waals surface area contributed by atoms with E-state index < -0.39 is 0 Å². The van der Waals surface area contributed by atoms with Crippen LogP contribution in [-0.2, 0) is 5.41 Å². The first-order valence-electron chi connectivity index (χ1n) is 7.90. The lowest BCUT2D eigenvalue weighted by molar-refractivity contribution is 0.104. The largest absolute Gasteiger partial charge is 0.493 e. The number of hydrogen-bond donors (Lipinski definition) is 0. The number of ether oxygens (including phenoxy) is 2. The molecule has 0 saturated carbocycles. The van der Waals surface area contributed by atoms with Gasteiger partial charge < -0.3 is 9.47 Å². The number of hydrogen-bond acceptors (Lipinski definition) is 3. The van der Waals surface area contributed by atoms with E-state index >= 15 is 0 Å². The first-order valence-corrected chi connectivity index (χ1v) is 7.90. The van der Waals surface area contributed by atoms with Crippen molar-refractivity contribution in [2.45, 2.75) is 26.2 Å². The van der Waals surface area contributed by atoms with Crippen LogP contribution in [0.5, 0.6) is 11.5 Å². The molecule has 0 amide bonds. The second kappa shape index (κ2) is 7.35. The Morgan fingerprint density at radius 3 is 2.08 bits per heavy atom. The molecule has 0 fully saturated rings. The molecule has 3 nitrogen and oxygen atoms in total.